The maximum absolute atomic E-state index is 12.0. The Balaban J connectivity index is 3.02. The summed E-state index contributed by atoms with van der Waals surface area (Å²) in [4.78, 5) is 12.0. The average Bonchev–Trinajstić information content (AvgIpc) is 2.45. The molecule has 0 bridgehead atoms. The van der Waals surface area contributed by atoms with E-state index in [0.717, 1.165) is 11.6 Å². The van der Waals surface area contributed by atoms with Crippen LogP contribution >= 0.6 is 0 Å². The Morgan fingerprint density at radius 3 is 2.40 bits per heavy atom. The van der Waals surface area contributed by atoms with Gasteiger partial charge in [0.05, 0.1) is 6.61 Å². The lowest BCUT2D eigenvalue weighted by atomic mass is 9.94. The predicted molar refractivity (Wildman–Crippen MR) is 84.3 cm³/mol. The van der Waals surface area contributed by atoms with E-state index in [1.165, 1.54) is 0 Å². The molecule has 0 aliphatic rings. The highest BCUT2D eigenvalue weighted by molar-refractivity contribution is 6.71. The molecule has 0 fully saturated rings. The van der Waals surface area contributed by atoms with Gasteiger partial charge >= 0.3 is 5.97 Å². The van der Waals surface area contributed by atoms with E-state index in [1.54, 1.807) is 14.0 Å². The molecule has 0 radical (unpaired) electrons. The van der Waals surface area contributed by atoms with Gasteiger partial charge in [0.15, 0.2) is 8.32 Å². The first-order valence-electron chi connectivity index (χ1n) is 6.87. The van der Waals surface area contributed by atoms with E-state index in [2.05, 4.69) is 19.7 Å². The zero-order valence-electron chi connectivity index (χ0n) is 12.8. The number of benzene rings is 1. The van der Waals surface area contributed by atoms with Crippen LogP contribution in [0.1, 0.15) is 18.4 Å². The third-order valence-electron chi connectivity index (χ3n) is 3.41. The summed E-state index contributed by atoms with van der Waals surface area (Å²) in [5, 5.41) is 0. The van der Waals surface area contributed by atoms with Crippen molar-refractivity contribution in [2.45, 2.75) is 32.0 Å². The minimum Gasteiger partial charge on any atom is -0.463 e. The number of hydrogen-bond acceptors (Lipinski definition) is 3. The Kier molecular flexibility index (Phi) is 6.17. The molecule has 0 heterocycles. The molecule has 0 aromatic heterocycles. The normalized spacial score (nSPS) is 12.8. The molecule has 1 atom stereocenters. The molecular weight excluding hydrogens is 268 g/mol. The van der Waals surface area contributed by atoms with Gasteiger partial charge in [0, 0.05) is 18.6 Å². The van der Waals surface area contributed by atoms with Crippen molar-refractivity contribution in [3.63, 3.8) is 0 Å². The van der Waals surface area contributed by atoms with Crippen LogP contribution in [0.3, 0.4) is 0 Å². The fourth-order valence-corrected chi connectivity index (χ4v) is 3.70. The van der Waals surface area contributed by atoms with Gasteiger partial charge in [-0.3, -0.25) is 0 Å². The predicted octanol–water partition coefficient (Wildman–Crippen LogP) is 3.74. The number of ether oxygens (including phenoxy) is 1. The molecular formula is C16H24O3Si. The molecule has 0 saturated carbocycles. The van der Waals surface area contributed by atoms with Crippen LogP contribution in [-0.2, 0) is 14.0 Å². The minimum absolute atomic E-state index is 0.0446. The van der Waals surface area contributed by atoms with Crippen LogP contribution < -0.4 is 0 Å². The molecule has 110 valence electrons. The van der Waals surface area contributed by atoms with Gasteiger partial charge in [-0.1, -0.05) is 36.9 Å². The van der Waals surface area contributed by atoms with Crippen molar-refractivity contribution in [3.05, 3.63) is 48.0 Å². The fraction of sp³-hybridized carbons (Fsp3) is 0.438. The highest BCUT2D eigenvalue weighted by Gasteiger charge is 2.31. The molecule has 0 spiro atoms. The van der Waals surface area contributed by atoms with E-state index in [-0.39, 0.29) is 11.9 Å². The summed E-state index contributed by atoms with van der Waals surface area (Å²) in [5.74, 6) is -0.362. The van der Waals surface area contributed by atoms with Crippen molar-refractivity contribution in [1.29, 1.82) is 0 Å². The van der Waals surface area contributed by atoms with Crippen LogP contribution in [0.5, 0.6) is 0 Å². The van der Waals surface area contributed by atoms with Gasteiger partial charge in [-0.25, -0.2) is 4.79 Å². The van der Waals surface area contributed by atoms with Crippen LogP contribution in [-0.4, -0.2) is 28.0 Å². The fourth-order valence-electron chi connectivity index (χ4n) is 2.07. The minimum atomic E-state index is -1.82. The molecule has 20 heavy (non-hydrogen) atoms. The summed E-state index contributed by atoms with van der Waals surface area (Å²) in [6, 6.07) is 10.8. The molecule has 4 heteroatoms. The highest BCUT2D eigenvalue weighted by atomic mass is 28.4. The number of carbonyl (C=O) groups is 1. The number of carbonyl (C=O) groups excluding carboxylic acids is 1. The maximum Gasteiger partial charge on any atom is 0.334 e. The number of hydrogen-bond donors (Lipinski definition) is 0. The Morgan fingerprint density at radius 2 is 1.90 bits per heavy atom. The van der Waals surface area contributed by atoms with Gasteiger partial charge in [0.1, 0.15) is 0 Å². The van der Waals surface area contributed by atoms with Gasteiger partial charge in [0.2, 0.25) is 0 Å². The number of esters is 1. The quantitative estimate of drug-likeness (QED) is 0.436. The third-order valence-corrected chi connectivity index (χ3v) is 5.91. The molecule has 3 nitrogen and oxygen atoms in total. The molecule has 1 unspecified atom stereocenters. The van der Waals surface area contributed by atoms with Crippen molar-refractivity contribution >= 4 is 14.3 Å². The van der Waals surface area contributed by atoms with Gasteiger partial charge in [0.25, 0.3) is 0 Å². The Bertz CT molecular complexity index is 454. The van der Waals surface area contributed by atoms with E-state index < -0.39 is 8.32 Å². The first-order chi connectivity index (χ1) is 9.41. The topological polar surface area (TPSA) is 35.5 Å². The van der Waals surface area contributed by atoms with E-state index >= 15 is 0 Å². The SMILES string of the molecule is C=C(C(=O)OCC)C(C[Si](C)(C)OC)c1ccccc1. The van der Waals surface area contributed by atoms with E-state index in [4.69, 9.17) is 9.16 Å². The largest absolute Gasteiger partial charge is 0.463 e. The lowest BCUT2D eigenvalue weighted by Gasteiger charge is -2.27. The standard InChI is InChI=1S/C16H24O3Si/c1-6-19-16(17)13(2)15(12-20(4,5)18-3)14-10-8-7-9-11-14/h7-11,15H,2,6,12H2,1,3-5H3. The molecule has 0 aliphatic carbocycles. The summed E-state index contributed by atoms with van der Waals surface area (Å²) in [6.07, 6.45) is 0. The molecule has 0 aliphatic heterocycles. The molecule has 0 N–H and O–H groups in total. The van der Waals surface area contributed by atoms with Crippen LogP contribution in [0.4, 0.5) is 0 Å². The van der Waals surface area contributed by atoms with Crippen molar-refractivity contribution in [3.8, 4) is 0 Å². The second kappa shape index (κ2) is 7.41. The number of rotatable bonds is 7. The van der Waals surface area contributed by atoms with Crippen LogP contribution in [0.2, 0.25) is 19.1 Å². The van der Waals surface area contributed by atoms with Crippen molar-refractivity contribution in [2.75, 3.05) is 13.7 Å². The van der Waals surface area contributed by atoms with Gasteiger partial charge in [-0.15, -0.1) is 0 Å². The molecule has 0 saturated heterocycles. The van der Waals surface area contributed by atoms with Gasteiger partial charge < -0.3 is 9.16 Å². The lowest BCUT2D eigenvalue weighted by Crippen LogP contribution is -2.32. The smallest absolute Gasteiger partial charge is 0.334 e. The Morgan fingerprint density at radius 1 is 1.30 bits per heavy atom. The van der Waals surface area contributed by atoms with E-state index in [9.17, 15) is 4.79 Å². The lowest BCUT2D eigenvalue weighted by molar-refractivity contribution is -0.138. The summed E-state index contributed by atoms with van der Waals surface area (Å²) in [5.41, 5.74) is 1.60. The summed E-state index contributed by atoms with van der Waals surface area (Å²) >= 11 is 0. The van der Waals surface area contributed by atoms with E-state index in [0.29, 0.717) is 12.2 Å². The Hall–Kier alpha value is -1.39. The second-order valence-corrected chi connectivity index (χ2v) is 9.71. The van der Waals surface area contributed by atoms with Crippen molar-refractivity contribution < 1.29 is 14.0 Å². The average molecular weight is 292 g/mol. The third kappa shape index (κ3) is 4.61. The zero-order valence-corrected chi connectivity index (χ0v) is 13.8. The molecule has 1 aromatic rings. The molecule has 1 rings (SSSR count). The van der Waals surface area contributed by atoms with Crippen molar-refractivity contribution in [2.24, 2.45) is 0 Å². The summed E-state index contributed by atoms with van der Waals surface area (Å²) in [7, 11) is -0.0858. The monoisotopic (exact) mass is 292 g/mol. The Labute approximate surface area is 122 Å². The van der Waals surface area contributed by atoms with Crippen LogP contribution in [0.25, 0.3) is 0 Å². The first kappa shape index (κ1) is 16.7. The first-order valence-corrected chi connectivity index (χ1v) is 9.99. The van der Waals surface area contributed by atoms with Crippen molar-refractivity contribution in [1.82, 2.24) is 0 Å². The summed E-state index contributed by atoms with van der Waals surface area (Å²) < 4.78 is 10.7. The van der Waals surface area contributed by atoms with Crippen LogP contribution in [0, 0.1) is 0 Å². The van der Waals surface area contributed by atoms with Gasteiger partial charge in [-0.05, 0) is 31.6 Å². The summed E-state index contributed by atoms with van der Waals surface area (Å²) in [6.45, 7) is 10.4. The van der Waals surface area contributed by atoms with E-state index in [1.807, 2.05) is 30.3 Å². The molecule has 0 amide bonds. The van der Waals surface area contributed by atoms with Gasteiger partial charge in [-0.2, -0.15) is 0 Å². The zero-order chi connectivity index (χ0) is 15.2. The highest BCUT2D eigenvalue weighted by Crippen LogP contribution is 2.33. The second-order valence-electron chi connectivity index (χ2n) is 5.38. The molecule has 1 aromatic carbocycles. The van der Waals surface area contributed by atoms with Crippen LogP contribution in [0.15, 0.2) is 42.5 Å². The maximum atomic E-state index is 12.0.